The fourth-order valence-corrected chi connectivity index (χ4v) is 2.88. The van der Waals surface area contributed by atoms with Crippen LogP contribution in [-0.2, 0) is 4.74 Å². The Morgan fingerprint density at radius 1 is 1.64 bits per heavy atom. The molecular formula is C10H18N2OS. The summed E-state index contributed by atoms with van der Waals surface area (Å²) in [6.07, 6.45) is 2.33. The quantitative estimate of drug-likeness (QED) is 0.720. The van der Waals surface area contributed by atoms with Crippen molar-refractivity contribution >= 4 is 16.9 Å². The second-order valence-electron chi connectivity index (χ2n) is 4.44. The molecule has 2 rings (SSSR count). The molecule has 2 atom stereocenters. The van der Waals surface area contributed by atoms with Crippen LogP contribution in [0.2, 0.25) is 0 Å². The first kappa shape index (κ1) is 10.3. The molecule has 4 heteroatoms. The van der Waals surface area contributed by atoms with Crippen molar-refractivity contribution in [3.05, 3.63) is 0 Å². The van der Waals surface area contributed by atoms with E-state index in [2.05, 4.69) is 24.2 Å². The number of hydrogen-bond acceptors (Lipinski definition) is 4. The summed E-state index contributed by atoms with van der Waals surface area (Å²) in [6.45, 7) is 6.09. The molecule has 14 heavy (non-hydrogen) atoms. The summed E-state index contributed by atoms with van der Waals surface area (Å²) in [7, 11) is 0. The lowest BCUT2D eigenvalue weighted by Crippen LogP contribution is -2.50. The number of ether oxygens (including phenoxy) is 1. The number of thioether (sulfide) groups is 1. The molecule has 0 bridgehead atoms. The topological polar surface area (TPSA) is 33.6 Å². The van der Waals surface area contributed by atoms with Gasteiger partial charge in [-0.15, -0.1) is 0 Å². The number of rotatable bonds is 1. The second kappa shape index (κ2) is 4.11. The third-order valence-electron chi connectivity index (χ3n) is 2.65. The summed E-state index contributed by atoms with van der Waals surface area (Å²) in [5.74, 6) is 1.11. The van der Waals surface area contributed by atoms with E-state index in [1.165, 1.54) is 6.42 Å². The number of aliphatic imine (C=N–C) groups is 1. The smallest absolute Gasteiger partial charge is 0.157 e. The van der Waals surface area contributed by atoms with E-state index < -0.39 is 0 Å². The van der Waals surface area contributed by atoms with Crippen molar-refractivity contribution in [3.63, 3.8) is 0 Å². The molecular weight excluding hydrogens is 196 g/mol. The summed E-state index contributed by atoms with van der Waals surface area (Å²) in [5.41, 5.74) is 0.105. The van der Waals surface area contributed by atoms with Crippen molar-refractivity contribution in [2.45, 2.75) is 38.3 Å². The Kier molecular flexibility index (Phi) is 3.02. The minimum absolute atomic E-state index is 0.105. The molecule has 2 aliphatic rings. The Morgan fingerprint density at radius 2 is 2.50 bits per heavy atom. The maximum atomic E-state index is 5.50. The van der Waals surface area contributed by atoms with Crippen LogP contribution in [0, 0.1) is 0 Å². The minimum Gasteiger partial charge on any atom is -0.379 e. The maximum absolute atomic E-state index is 5.50. The standard InChI is InChI=1S/C10H18N2OS/c1-8-6-14-9(11-8)12-10(2)4-3-5-13-7-10/h8H,3-7H2,1-2H3,(H,11,12). The summed E-state index contributed by atoms with van der Waals surface area (Å²) in [5, 5.41) is 4.61. The first-order valence-electron chi connectivity index (χ1n) is 5.24. The van der Waals surface area contributed by atoms with Crippen LogP contribution in [-0.4, -0.2) is 35.7 Å². The van der Waals surface area contributed by atoms with Gasteiger partial charge in [-0.25, -0.2) is 0 Å². The fraction of sp³-hybridized carbons (Fsp3) is 0.900. The highest BCUT2D eigenvalue weighted by molar-refractivity contribution is 8.14. The van der Waals surface area contributed by atoms with E-state index in [-0.39, 0.29) is 5.54 Å². The van der Waals surface area contributed by atoms with Gasteiger partial charge in [0.2, 0.25) is 0 Å². The van der Waals surface area contributed by atoms with E-state index in [4.69, 9.17) is 4.74 Å². The van der Waals surface area contributed by atoms with Gasteiger partial charge in [0.05, 0.1) is 18.2 Å². The molecule has 0 amide bonds. The van der Waals surface area contributed by atoms with E-state index >= 15 is 0 Å². The molecule has 2 unspecified atom stereocenters. The summed E-state index contributed by atoms with van der Waals surface area (Å²) < 4.78 is 5.50. The van der Waals surface area contributed by atoms with Crippen molar-refractivity contribution in [2.75, 3.05) is 19.0 Å². The molecule has 80 valence electrons. The molecule has 3 nitrogen and oxygen atoms in total. The zero-order valence-electron chi connectivity index (χ0n) is 8.88. The predicted molar refractivity (Wildman–Crippen MR) is 60.9 cm³/mol. The van der Waals surface area contributed by atoms with Crippen LogP contribution >= 0.6 is 11.8 Å². The Labute approximate surface area is 89.7 Å². The molecule has 0 saturated carbocycles. The van der Waals surface area contributed by atoms with Crippen molar-refractivity contribution < 1.29 is 4.74 Å². The monoisotopic (exact) mass is 214 g/mol. The van der Waals surface area contributed by atoms with Crippen LogP contribution in [0.3, 0.4) is 0 Å². The van der Waals surface area contributed by atoms with Crippen molar-refractivity contribution in [1.29, 1.82) is 0 Å². The van der Waals surface area contributed by atoms with Gasteiger partial charge in [-0.2, -0.15) is 0 Å². The highest BCUT2D eigenvalue weighted by atomic mass is 32.2. The summed E-state index contributed by atoms with van der Waals surface area (Å²) in [6, 6.07) is 0.468. The highest BCUT2D eigenvalue weighted by Gasteiger charge is 2.29. The number of hydrogen-bond donors (Lipinski definition) is 1. The first-order chi connectivity index (χ1) is 6.68. The Balaban J connectivity index is 1.92. The molecule has 1 saturated heterocycles. The van der Waals surface area contributed by atoms with E-state index in [0.29, 0.717) is 6.04 Å². The highest BCUT2D eigenvalue weighted by Crippen LogP contribution is 2.23. The molecule has 2 aliphatic heterocycles. The van der Waals surface area contributed by atoms with Crippen LogP contribution in [0.1, 0.15) is 26.7 Å². The average Bonchev–Trinajstić information content (AvgIpc) is 2.51. The van der Waals surface area contributed by atoms with Gasteiger partial charge in [-0.1, -0.05) is 11.8 Å². The third-order valence-corrected chi connectivity index (χ3v) is 3.78. The van der Waals surface area contributed by atoms with E-state index in [1.807, 2.05) is 11.8 Å². The fourth-order valence-electron chi connectivity index (χ4n) is 1.83. The molecule has 0 aromatic carbocycles. The van der Waals surface area contributed by atoms with E-state index in [1.54, 1.807) is 0 Å². The van der Waals surface area contributed by atoms with E-state index in [0.717, 1.165) is 30.6 Å². The largest absolute Gasteiger partial charge is 0.379 e. The SMILES string of the molecule is CC1CSC(NC2(C)CCCOC2)=N1. The second-order valence-corrected chi connectivity index (χ2v) is 5.44. The van der Waals surface area contributed by atoms with Crippen molar-refractivity contribution in [1.82, 2.24) is 5.32 Å². The Morgan fingerprint density at radius 3 is 3.07 bits per heavy atom. The first-order valence-corrected chi connectivity index (χ1v) is 6.23. The van der Waals surface area contributed by atoms with Crippen LogP contribution in [0.4, 0.5) is 0 Å². The van der Waals surface area contributed by atoms with Gasteiger partial charge in [0, 0.05) is 12.4 Å². The van der Waals surface area contributed by atoms with Gasteiger partial charge < -0.3 is 10.1 Å². The number of nitrogens with one attached hydrogen (secondary N) is 1. The summed E-state index contributed by atoms with van der Waals surface area (Å²) >= 11 is 1.83. The molecule has 0 radical (unpaired) electrons. The minimum atomic E-state index is 0.105. The molecule has 0 spiro atoms. The van der Waals surface area contributed by atoms with Gasteiger partial charge in [-0.3, -0.25) is 4.99 Å². The van der Waals surface area contributed by atoms with Gasteiger partial charge in [0.15, 0.2) is 5.17 Å². The van der Waals surface area contributed by atoms with Gasteiger partial charge in [-0.05, 0) is 26.7 Å². The van der Waals surface area contributed by atoms with Crippen molar-refractivity contribution in [3.8, 4) is 0 Å². The van der Waals surface area contributed by atoms with Crippen LogP contribution in [0.25, 0.3) is 0 Å². The normalized spacial score (nSPS) is 38.1. The molecule has 2 heterocycles. The average molecular weight is 214 g/mol. The zero-order valence-corrected chi connectivity index (χ0v) is 9.69. The number of amidine groups is 1. The van der Waals surface area contributed by atoms with Gasteiger partial charge >= 0.3 is 0 Å². The van der Waals surface area contributed by atoms with Crippen LogP contribution in [0.5, 0.6) is 0 Å². The lowest BCUT2D eigenvalue weighted by molar-refractivity contribution is 0.0375. The van der Waals surface area contributed by atoms with Gasteiger partial charge in [0.1, 0.15) is 0 Å². The Hall–Kier alpha value is -0.220. The lowest BCUT2D eigenvalue weighted by atomic mass is 9.95. The van der Waals surface area contributed by atoms with Crippen LogP contribution < -0.4 is 5.32 Å². The lowest BCUT2D eigenvalue weighted by Gasteiger charge is -2.34. The molecule has 0 aromatic rings. The van der Waals surface area contributed by atoms with Crippen LogP contribution in [0.15, 0.2) is 4.99 Å². The maximum Gasteiger partial charge on any atom is 0.157 e. The van der Waals surface area contributed by atoms with Gasteiger partial charge in [0.25, 0.3) is 0 Å². The number of nitrogens with zero attached hydrogens (tertiary/aromatic N) is 1. The van der Waals surface area contributed by atoms with E-state index in [9.17, 15) is 0 Å². The third kappa shape index (κ3) is 2.42. The summed E-state index contributed by atoms with van der Waals surface area (Å²) in [4.78, 5) is 4.54. The molecule has 0 aromatic heterocycles. The predicted octanol–water partition coefficient (Wildman–Crippen LogP) is 1.64. The van der Waals surface area contributed by atoms with Crippen molar-refractivity contribution in [2.24, 2.45) is 4.99 Å². The molecule has 0 aliphatic carbocycles. The Bertz CT molecular complexity index is 236. The molecule has 1 N–H and O–H groups in total. The zero-order chi connectivity index (χ0) is 10.0. The molecule has 1 fully saturated rings.